The van der Waals surface area contributed by atoms with Crippen LogP contribution in [0, 0.1) is 10.8 Å². The van der Waals surface area contributed by atoms with Crippen molar-refractivity contribution in [2.75, 3.05) is 11.5 Å². The van der Waals surface area contributed by atoms with Crippen molar-refractivity contribution >= 4 is 28.5 Å². The highest BCUT2D eigenvalue weighted by Gasteiger charge is 2.26. The number of hydrogen-bond acceptors (Lipinski definition) is 3. The molecule has 0 unspecified atom stereocenters. The van der Waals surface area contributed by atoms with Gasteiger partial charge in [0.1, 0.15) is 0 Å². The molecule has 0 fully saturated rings. The SMILES string of the molecule is CC(C)(C)CSP(=O)(O)SCC(C)(C)C. The van der Waals surface area contributed by atoms with Crippen molar-refractivity contribution in [1.29, 1.82) is 0 Å². The summed E-state index contributed by atoms with van der Waals surface area (Å²) in [6.07, 6.45) is 0. The Morgan fingerprint density at radius 3 is 1.40 bits per heavy atom. The van der Waals surface area contributed by atoms with E-state index in [1.807, 2.05) is 0 Å². The van der Waals surface area contributed by atoms with E-state index in [-0.39, 0.29) is 10.8 Å². The van der Waals surface area contributed by atoms with E-state index in [4.69, 9.17) is 0 Å². The Balaban J connectivity index is 4.04. The minimum atomic E-state index is -3.05. The van der Waals surface area contributed by atoms with Gasteiger partial charge in [-0.25, -0.2) is 0 Å². The lowest BCUT2D eigenvalue weighted by Crippen LogP contribution is -2.09. The zero-order valence-corrected chi connectivity index (χ0v) is 13.1. The lowest BCUT2D eigenvalue weighted by Gasteiger charge is -2.22. The third kappa shape index (κ3) is 11.2. The Labute approximate surface area is 102 Å². The zero-order valence-electron chi connectivity index (χ0n) is 10.5. The highest BCUT2D eigenvalue weighted by atomic mass is 33.1. The van der Waals surface area contributed by atoms with Crippen LogP contribution in [0.25, 0.3) is 0 Å². The molecule has 0 aliphatic heterocycles. The van der Waals surface area contributed by atoms with Gasteiger partial charge < -0.3 is 4.89 Å². The van der Waals surface area contributed by atoms with Crippen molar-refractivity contribution in [3.8, 4) is 0 Å². The average molecular weight is 270 g/mol. The quantitative estimate of drug-likeness (QED) is 0.755. The van der Waals surface area contributed by atoms with Gasteiger partial charge in [-0.2, -0.15) is 0 Å². The first-order valence-corrected chi connectivity index (χ1v) is 9.87. The van der Waals surface area contributed by atoms with Gasteiger partial charge in [-0.05, 0) is 10.8 Å². The van der Waals surface area contributed by atoms with Crippen LogP contribution in [0.15, 0.2) is 0 Å². The Bertz CT molecular complexity index is 219. The first-order chi connectivity index (χ1) is 6.41. The van der Waals surface area contributed by atoms with E-state index >= 15 is 0 Å². The van der Waals surface area contributed by atoms with Crippen LogP contribution in [0.3, 0.4) is 0 Å². The van der Waals surface area contributed by atoms with Crippen LogP contribution in [-0.2, 0) is 4.57 Å². The predicted octanol–water partition coefficient (Wildman–Crippen LogP) is 4.65. The van der Waals surface area contributed by atoms with Crippen molar-refractivity contribution < 1.29 is 9.46 Å². The molecule has 0 bridgehead atoms. The van der Waals surface area contributed by atoms with Crippen molar-refractivity contribution in [2.24, 2.45) is 10.8 Å². The van der Waals surface area contributed by atoms with Crippen LogP contribution < -0.4 is 0 Å². The highest BCUT2D eigenvalue weighted by molar-refractivity contribution is 8.88. The van der Waals surface area contributed by atoms with Gasteiger partial charge in [0.2, 0.25) is 0 Å². The summed E-state index contributed by atoms with van der Waals surface area (Å²) < 4.78 is 11.8. The van der Waals surface area contributed by atoms with Crippen molar-refractivity contribution in [3.63, 3.8) is 0 Å². The van der Waals surface area contributed by atoms with E-state index in [0.29, 0.717) is 0 Å². The number of rotatable bonds is 4. The summed E-state index contributed by atoms with van der Waals surface area (Å²) in [6.45, 7) is 12.5. The van der Waals surface area contributed by atoms with Gasteiger partial charge in [0.25, 0.3) is 0 Å². The first kappa shape index (κ1) is 15.9. The Morgan fingerprint density at radius 1 is 0.933 bits per heavy atom. The average Bonchev–Trinajstić information content (AvgIpc) is 1.96. The van der Waals surface area contributed by atoms with Crippen LogP contribution in [0.4, 0.5) is 0 Å². The van der Waals surface area contributed by atoms with E-state index in [1.165, 1.54) is 22.8 Å². The maximum atomic E-state index is 11.8. The lowest BCUT2D eigenvalue weighted by molar-refractivity contribution is 0.477. The van der Waals surface area contributed by atoms with Crippen LogP contribution in [-0.4, -0.2) is 16.4 Å². The maximum Gasteiger partial charge on any atom is 0.310 e. The molecule has 2 nitrogen and oxygen atoms in total. The van der Waals surface area contributed by atoms with Gasteiger partial charge in [0, 0.05) is 11.5 Å². The Morgan fingerprint density at radius 2 is 1.20 bits per heavy atom. The van der Waals surface area contributed by atoms with E-state index in [1.54, 1.807) is 0 Å². The van der Waals surface area contributed by atoms with Crippen LogP contribution in [0.2, 0.25) is 0 Å². The second kappa shape index (κ2) is 5.48. The van der Waals surface area contributed by atoms with Gasteiger partial charge in [-0.15, -0.1) is 0 Å². The summed E-state index contributed by atoms with van der Waals surface area (Å²) in [4.78, 5) is 9.72. The fraction of sp³-hybridized carbons (Fsp3) is 1.00. The maximum absolute atomic E-state index is 11.8. The van der Waals surface area contributed by atoms with E-state index in [0.717, 1.165) is 11.5 Å². The molecule has 0 amide bonds. The second-order valence-electron chi connectivity index (χ2n) is 6.14. The molecule has 0 aromatic carbocycles. The van der Waals surface area contributed by atoms with Crippen molar-refractivity contribution in [3.05, 3.63) is 0 Å². The molecule has 0 radical (unpaired) electrons. The molecule has 0 aromatic rings. The molecule has 92 valence electrons. The van der Waals surface area contributed by atoms with Crippen molar-refractivity contribution in [1.82, 2.24) is 0 Å². The van der Waals surface area contributed by atoms with Gasteiger partial charge >= 0.3 is 5.77 Å². The molecule has 0 spiro atoms. The summed E-state index contributed by atoms with van der Waals surface area (Å²) >= 11 is 2.40. The number of hydrogen-bond donors (Lipinski definition) is 1. The molecule has 15 heavy (non-hydrogen) atoms. The van der Waals surface area contributed by atoms with Crippen molar-refractivity contribution in [2.45, 2.75) is 41.5 Å². The molecular weight excluding hydrogens is 247 g/mol. The summed E-state index contributed by atoms with van der Waals surface area (Å²) in [7, 11) is 0. The summed E-state index contributed by atoms with van der Waals surface area (Å²) in [5.41, 5.74) is 0.205. The second-order valence-corrected chi connectivity index (χ2v) is 13.4. The summed E-state index contributed by atoms with van der Waals surface area (Å²) in [5.74, 6) is -1.61. The molecular formula is C10H23O2PS2. The largest absolute Gasteiger partial charge is 0.329 e. The van der Waals surface area contributed by atoms with Gasteiger partial charge in [-0.1, -0.05) is 64.3 Å². The van der Waals surface area contributed by atoms with E-state index in [9.17, 15) is 9.46 Å². The third-order valence-electron chi connectivity index (χ3n) is 1.32. The molecule has 0 aliphatic carbocycles. The lowest BCUT2D eigenvalue weighted by atomic mass is 10.0. The normalized spacial score (nSPS) is 14.3. The zero-order chi connectivity index (χ0) is 12.3. The fourth-order valence-electron chi connectivity index (χ4n) is 0.588. The molecule has 0 saturated heterocycles. The Kier molecular flexibility index (Phi) is 5.81. The fourth-order valence-corrected chi connectivity index (χ4v) is 6.91. The topological polar surface area (TPSA) is 37.3 Å². The minimum Gasteiger partial charge on any atom is -0.329 e. The van der Waals surface area contributed by atoms with Crippen LogP contribution >= 0.6 is 28.5 Å². The monoisotopic (exact) mass is 270 g/mol. The molecule has 0 rings (SSSR count). The first-order valence-electron chi connectivity index (χ1n) is 5.03. The van der Waals surface area contributed by atoms with E-state index in [2.05, 4.69) is 41.5 Å². The molecule has 0 saturated carbocycles. The third-order valence-corrected chi connectivity index (χ3v) is 8.59. The molecule has 0 aliphatic rings. The van der Waals surface area contributed by atoms with Crippen LogP contribution in [0.5, 0.6) is 0 Å². The van der Waals surface area contributed by atoms with Gasteiger partial charge in [0.05, 0.1) is 0 Å². The highest BCUT2D eigenvalue weighted by Crippen LogP contribution is 2.67. The Hall–Kier alpha value is 0.890. The van der Waals surface area contributed by atoms with Gasteiger partial charge in [0.15, 0.2) is 0 Å². The molecule has 0 aromatic heterocycles. The summed E-state index contributed by atoms with van der Waals surface area (Å²) in [5, 5.41) is 0. The molecule has 0 atom stereocenters. The van der Waals surface area contributed by atoms with E-state index < -0.39 is 5.77 Å². The van der Waals surface area contributed by atoms with Gasteiger partial charge in [-0.3, -0.25) is 4.57 Å². The molecule has 5 heteroatoms. The summed E-state index contributed by atoms with van der Waals surface area (Å²) in [6, 6.07) is 0. The molecule has 1 N–H and O–H groups in total. The standard InChI is InChI=1S/C10H23O2PS2/c1-9(2,3)7-14-13(11,12)15-8-10(4,5)6/h7-8H2,1-6H3,(H,11,12). The van der Waals surface area contributed by atoms with Crippen LogP contribution in [0.1, 0.15) is 41.5 Å². The molecule has 0 heterocycles. The predicted molar refractivity (Wildman–Crippen MR) is 73.7 cm³/mol. The smallest absolute Gasteiger partial charge is 0.310 e. The minimum absolute atomic E-state index is 0.103.